The Kier molecular flexibility index (Phi) is 4.21. The first-order chi connectivity index (χ1) is 12.0. The Morgan fingerprint density at radius 3 is 2.62 bits per heavy atom. The Hall–Kier alpha value is -2.57. The number of alkyl halides is 4. The number of nitrogens with zero attached hydrogens (tertiary/aromatic N) is 4. The summed E-state index contributed by atoms with van der Waals surface area (Å²) in [5, 5.41) is 12.4. The second-order valence-electron chi connectivity index (χ2n) is 5.56. The zero-order chi connectivity index (χ0) is 19.3. The lowest BCUT2D eigenvalue weighted by molar-refractivity contribution is -0.140. The van der Waals surface area contributed by atoms with Crippen molar-refractivity contribution in [3.8, 4) is 0 Å². The second kappa shape index (κ2) is 6.00. The largest absolute Gasteiger partial charge is 0.417 e. The van der Waals surface area contributed by atoms with Crippen molar-refractivity contribution in [2.45, 2.75) is 23.7 Å². The molecule has 1 unspecified atom stereocenters. The van der Waals surface area contributed by atoms with Crippen LogP contribution in [0.2, 0.25) is 0 Å². The van der Waals surface area contributed by atoms with Gasteiger partial charge in [0.25, 0.3) is 5.91 Å². The Morgan fingerprint density at radius 1 is 1.35 bits per heavy atom. The molecule has 0 spiro atoms. The predicted molar refractivity (Wildman–Crippen MR) is 78.7 cm³/mol. The van der Waals surface area contributed by atoms with Crippen molar-refractivity contribution < 1.29 is 30.8 Å². The molecule has 1 aliphatic rings. The van der Waals surface area contributed by atoms with Crippen LogP contribution in [0, 0.1) is 0 Å². The van der Waals surface area contributed by atoms with Gasteiger partial charge in [0.1, 0.15) is 6.17 Å². The van der Waals surface area contributed by atoms with Gasteiger partial charge in [0.2, 0.25) is 5.95 Å². The van der Waals surface area contributed by atoms with Gasteiger partial charge >= 0.3 is 6.18 Å². The summed E-state index contributed by atoms with van der Waals surface area (Å²) in [5.41, 5.74) is -2.81. The van der Waals surface area contributed by atoms with Gasteiger partial charge in [-0.1, -0.05) is 5.10 Å². The van der Waals surface area contributed by atoms with Crippen LogP contribution in [0.5, 0.6) is 0 Å². The van der Waals surface area contributed by atoms with Crippen LogP contribution >= 0.6 is 0 Å². The first kappa shape index (κ1) is 18.2. The zero-order valence-electron chi connectivity index (χ0n) is 13.1. The van der Waals surface area contributed by atoms with E-state index in [4.69, 9.17) is 0 Å². The number of fused-ring (bicyclic) bond motifs is 1. The third-order valence-corrected chi connectivity index (χ3v) is 5.69. The fraction of sp³-hybridized carbons (Fsp3) is 0.385. The van der Waals surface area contributed by atoms with E-state index in [1.165, 1.54) is 7.05 Å². The van der Waals surface area contributed by atoms with Gasteiger partial charge in [-0.25, -0.2) is 17.5 Å². The Morgan fingerprint density at radius 2 is 2.04 bits per heavy atom. The minimum atomic E-state index is -5.02. The summed E-state index contributed by atoms with van der Waals surface area (Å²) in [5.74, 6) is -1.94. The number of aromatic nitrogens is 4. The van der Waals surface area contributed by atoms with Crippen molar-refractivity contribution in [2.24, 2.45) is 7.05 Å². The molecule has 0 aliphatic carbocycles. The summed E-state index contributed by atoms with van der Waals surface area (Å²) in [6, 6.07) is 1.20. The number of benzene rings is 1. The van der Waals surface area contributed by atoms with E-state index in [1.807, 2.05) is 0 Å². The molecule has 13 heteroatoms. The van der Waals surface area contributed by atoms with Gasteiger partial charge in [0, 0.05) is 18.2 Å². The standard InChI is InChI=1S/C13H11F4N5O3S/c1-22-12(19-20-21-22)18-11(23)6-2-3-7(13(15,16)17)10-9(6)8(14)4-5-26(10,24)25/h2-3,8H,4-5H2,1H3,(H,18,19,21,23). The van der Waals surface area contributed by atoms with Crippen LogP contribution in [0.3, 0.4) is 0 Å². The van der Waals surface area contributed by atoms with Gasteiger partial charge in [-0.3, -0.25) is 10.1 Å². The molecule has 0 fully saturated rings. The summed E-state index contributed by atoms with van der Waals surface area (Å²) < 4.78 is 79.5. The van der Waals surface area contributed by atoms with E-state index in [9.17, 15) is 30.8 Å². The minimum absolute atomic E-state index is 0.141. The molecule has 1 aromatic heterocycles. The molecule has 8 nitrogen and oxygen atoms in total. The van der Waals surface area contributed by atoms with E-state index in [0.29, 0.717) is 6.07 Å². The minimum Gasteiger partial charge on any atom is -0.289 e. The molecule has 1 amide bonds. The van der Waals surface area contributed by atoms with Gasteiger partial charge in [0.15, 0.2) is 9.84 Å². The number of carbonyl (C=O) groups is 1. The number of rotatable bonds is 2. The number of halogens is 4. The van der Waals surface area contributed by atoms with Crippen LogP contribution in [0.15, 0.2) is 17.0 Å². The maximum absolute atomic E-state index is 14.4. The molecule has 1 aromatic carbocycles. The molecule has 0 radical (unpaired) electrons. The Balaban J connectivity index is 2.19. The highest BCUT2D eigenvalue weighted by Crippen LogP contribution is 2.44. The van der Waals surface area contributed by atoms with Crippen molar-refractivity contribution in [3.63, 3.8) is 0 Å². The summed E-state index contributed by atoms with van der Waals surface area (Å²) in [6.45, 7) is 0. The third kappa shape index (κ3) is 3.02. The topological polar surface area (TPSA) is 107 Å². The number of anilines is 1. The van der Waals surface area contributed by atoms with Gasteiger partial charge in [-0.05, 0) is 29.0 Å². The lowest BCUT2D eigenvalue weighted by atomic mass is 9.97. The SMILES string of the molecule is Cn1nnnc1NC(=O)c1ccc(C(F)(F)F)c2c1C(F)CCS2(=O)=O. The quantitative estimate of drug-likeness (QED) is 0.778. The molecule has 3 rings (SSSR count). The molecule has 0 saturated carbocycles. The van der Waals surface area contributed by atoms with Crippen molar-refractivity contribution in [2.75, 3.05) is 11.1 Å². The average Bonchev–Trinajstić information content (AvgIpc) is 2.94. The van der Waals surface area contributed by atoms with Gasteiger partial charge in [-0.15, -0.1) is 0 Å². The highest BCUT2D eigenvalue weighted by molar-refractivity contribution is 7.91. The van der Waals surface area contributed by atoms with Crippen LogP contribution in [-0.2, 0) is 23.1 Å². The van der Waals surface area contributed by atoms with Gasteiger partial charge in [0.05, 0.1) is 16.2 Å². The number of hydrogen-bond donors (Lipinski definition) is 1. The number of hydrogen-bond acceptors (Lipinski definition) is 6. The van der Waals surface area contributed by atoms with Crippen molar-refractivity contribution >= 4 is 21.7 Å². The molecule has 140 valence electrons. The summed E-state index contributed by atoms with van der Waals surface area (Å²) in [4.78, 5) is 11.2. The summed E-state index contributed by atoms with van der Waals surface area (Å²) >= 11 is 0. The first-order valence-corrected chi connectivity index (χ1v) is 8.82. The molecule has 26 heavy (non-hydrogen) atoms. The molecule has 1 atom stereocenters. The number of aryl methyl sites for hydroxylation is 1. The zero-order valence-corrected chi connectivity index (χ0v) is 13.9. The van der Waals surface area contributed by atoms with E-state index in [2.05, 4.69) is 20.8 Å². The number of sulfone groups is 1. The fourth-order valence-electron chi connectivity index (χ4n) is 2.68. The number of carbonyl (C=O) groups excluding carboxylic acids is 1. The van der Waals surface area contributed by atoms with Gasteiger partial charge < -0.3 is 0 Å². The highest BCUT2D eigenvalue weighted by atomic mass is 32.2. The maximum atomic E-state index is 14.4. The van der Waals surface area contributed by atoms with Crippen LogP contribution in [0.1, 0.15) is 34.1 Å². The summed E-state index contributed by atoms with van der Waals surface area (Å²) in [6.07, 6.45) is -7.59. The predicted octanol–water partition coefficient (Wildman–Crippen LogP) is 1.67. The molecule has 2 heterocycles. The monoisotopic (exact) mass is 393 g/mol. The van der Waals surface area contributed by atoms with E-state index < -0.39 is 61.9 Å². The second-order valence-corrected chi connectivity index (χ2v) is 7.60. The van der Waals surface area contributed by atoms with E-state index in [-0.39, 0.29) is 5.95 Å². The van der Waals surface area contributed by atoms with Crippen LogP contribution in [-0.4, -0.2) is 40.3 Å². The molecule has 0 saturated heterocycles. The first-order valence-electron chi connectivity index (χ1n) is 7.17. The van der Waals surface area contributed by atoms with Crippen LogP contribution < -0.4 is 5.32 Å². The summed E-state index contributed by atoms with van der Waals surface area (Å²) in [7, 11) is -3.01. The smallest absolute Gasteiger partial charge is 0.289 e. The van der Waals surface area contributed by atoms with E-state index in [0.717, 1.165) is 10.7 Å². The highest BCUT2D eigenvalue weighted by Gasteiger charge is 2.44. The average molecular weight is 393 g/mol. The molecule has 0 bridgehead atoms. The van der Waals surface area contributed by atoms with Gasteiger partial charge in [-0.2, -0.15) is 13.2 Å². The fourth-order valence-corrected chi connectivity index (χ4v) is 4.49. The molecular weight excluding hydrogens is 382 g/mol. The van der Waals surface area contributed by atoms with Crippen molar-refractivity contribution in [1.82, 2.24) is 20.2 Å². The molecule has 1 N–H and O–H groups in total. The van der Waals surface area contributed by atoms with E-state index in [1.54, 1.807) is 0 Å². The molecule has 2 aromatic rings. The van der Waals surface area contributed by atoms with Crippen LogP contribution in [0.25, 0.3) is 0 Å². The molecular formula is C13H11F4N5O3S. The number of amides is 1. The normalized spacial score (nSPS) is 19.0. The molecule has 1 aliphatic heterocycles. The van der Waals surface area contributed by atoms with Crippen molar-refractivity contribution in [1.29, 1.82) is 0 Å². The lowest BCUT2D eigenvalue weighted by Gasteiger charge is -2.25. The van der Waals surface area contributed by atoms with Crippen molar-refractivity contribution in [3.05, 3.63) is 28.8 Å². The Labute approximate surface area is 144 Å². The van der Waals surface area contributed by atoms with E-state index >= 15 is 0 Å². The number of tetrazole rings is 1. The maximum Gasteiger partial charge on any atom is 0.417 e. The van der Waals surface area contributed by atoms with Crippen LogP contribution in [0.4, 0.5) is 23.5 Å². The lowest BCUT2D eigenvalue weighted by Crippen LogP contribution is -2.27. The third-order valence-electron chi connectivity index (χ3n) is 3.86. The number of nitrogens with one attached hydrogen (secondary N) is 1. The Bertz CT molecular complexity index is 986.